The van der Waals surface area contributed by atoms with Gasteiger partial charge in [0.2, 0.25) is 0 Å². The van der Waals surface area contributed by atoms with Gasteiger partial charge in [0, 0.05) is 18.3 Å². The van der Waals surface area contributed by atoms with Gasteiger partial charge in [-0.15, -0.1) is 0 Å². The molecular formula is C26H23FN2O4. The number of likely N-dealkylation sites (tertiary alicyclic amines) is 1. The summed E-state index contributed by atoms with van der Waals surface area (Å²) in [5.74, 6) is -1.55. The molecule has 1 saturated heterocycles. The van der Waals surface area contributed by atoms with Gasteiger partial charge >= 0.3 is 0 Å². The number of hydrogen-bond acceptors (Lipinski definition) is 5. The molecule has 6 nitrogen and oxygen atoms in total. The first-order valence-electron chi connectivity index (χ1n) is 10.4. The fourth-order valence-corrected chi connectivity index (χ4v) is 4.08. The smallest absolute Gasteiger partial charge is 0.296 e. The van der Waals surface area contributed by atoms with Gasteiger partial charge in [-0.1, -0.05) is 18.2 Å². The van der Waals surface area contributed by atoms with Crippen molar-refractivity contribution in [1.29, 1.82) is 0 Å². The highest BCUT2D eigenvalue weighted by molar-refractivity contribution is 6.46. The largest absolute Gasteiger partial charge is 0.507 e. The predicted molar refractivity (Wildman–Crippen MR) is 121 cm³/mol. The minimum atomic E-state index is -0.891. The molecule has 0 bridgehead atoms. The lowest BCUT2D eigenvalue weighted by atomic mass is 9.95. The number of pyridine rings is 1. The number of carbonyl (C=O) groups excluding carboxylic acids is 2. The molecule has 1 aliphatic rings. The van der Waals surface area contributed by atoms with E-state index in [0.717, 1.165) is 5.56 Å². The number of aliphatic hydroxyl groups excluding tert-OH is 1. The molecule has 3 aromatic rings. The van der Waals surface area contributed by atoms with Crippen LogP contribution in [0.1, 0.15) is 34.0 Å². The topological polar surface area (TPSA) is 79.7 Å². The first kappa shape index (κ1) is 22.2. The van der Waals surface area contributed by atoms with E-state index in [2.05, 4.69) is 4.98 Å². The van der Waals surface area contributed by atoms with Crippen LogP contribution in [0.15, 0.2) is 66.4 Å². The predicted octanol–water partition coefficient (Wildman–Crippen LogP) is 4.47. The highest BCUT2D eigenvalue weighted by atomic mass is 19.1. The van der Waals surface area contributed by atoms with Crippen molar-refractivity contribution in [2.75, 3.05) is 7.11 Å². The molecule has 0 aliphatic carbocycles. The molecule has 2 heterocycles. The second-order valence-electron chi connectivity index (χ2n) is 7.94. The molecule has 1 fully saturated rings. The number of halogens is 1. The van der Waals surface area contributed by atoms with E-state index in [1.54, 1.807) is 62.7 Å². The molecule has 1 amide bonds. The van der Waals surface area contributed by atoms with Crippen LogP contribution in [-0.4, -0.2) is 33.8 Å². The third-order valence-electron chi connectivity index (χ3n) is 5.77. The Morgan fingerprint density at radius 1 is 1.09 bits per heavy atom. The molecule has 0 saturated carbocycles. The molecule has 0 radical (unpaired) electrons. The number of amides is 1. The highest BCUT2D eigenvalue weighted by Crippen LogP contribution is 2.40. The van der Waals surface area contributed by atoms with E-state index >= 15 is 0 Å². The van der Waals surface area contributed by atoms with Gasteiger partial charge in [-0.25, -0.2) is 4.39 Å². The maximum atomic E-state index is 13.4. The number of ether oxygens (including phenoxy) is 1. The summed E-state index contributed by atoms with van der Waals surface area (Å²) >= 11 is 0. The van der Waals surface area contributed by atoms with Crippen LogP contribution in [0, 0.1) is 19.7 Å². The van der Waals surface area contributed by atoms with Gasteiger partial charge in [0.1, 0.15) is 23.4 Å². The lowest BCUT2D eigenvalue weighted by Crippen LogP contribution is -2.29. The van der Waals surface area contributed by atoms with Crippen molar-refractivity contribution in [1.82, 2.24) is 9.88 Å². The van der Waals surface area contributed by atoms with Gasteiger partial charge in [0.15, 0.2) is 0 Å². The Morgan fingerprint density at radius 3 is 2.45 bits per heavy atom. The lowest BCUT2D eigenvalue weighted by Gasteiger charge is -2.24. The van der Waals surface area contributed by atoms with Crippen LogP contribution in [0.5, 0.6) is 5.75 Å². The Hall–Kier alpha value is -4.00. The van der Waals surface area contributed by atoms with E-state index in [0.29, 0.717) is 28.1 Å². The maximum absolute atomic E-state index is 13.4. The Labute approximate surface area is 191 Å². The number of nitrogens with zero attached hydrogens (tertiary/aromatic N) is 2. The molecule has 4 rings (SSSR count). The normalized spacial score (nSPS) is 17.5. The van der Waals surface area contributed by atoms with Crippen molar-refractivity contribution >= 4 is 17.4 Å². The Kier molecular flexibility index (Phi) is 5.96. The average Bonchev–Trinajstić information content (AvgIpc) is 3.06. The third-order valence-corrected chi connectivity index (χ3v) is 5.77. The van der Waals surface area contributed by atoms with Crippen molar-refractivity contribution in [3.63, 3.8) is 0 Å². The first-order valence-corrected chi connectivity index (χ1v) is 10.4. The molecule has 2 aromatic carbocycles. The van der Waals surface area contributed by atoms with Crippen LogP contribution in [0.3, 0.4) is 0 Å². The van der Waals surface area contributed by atoms with E-state index in [1.165, 1.54) is 17.0 Å². The summed E-state index contributed by atoms with van der Waals surface area (Å²) in [7, 11) is 1.56. The minimum Gasteiger partial charge on any atom is -0.507 e. The highest BCUT2D eigenvalue weighted by Gasteiger charge is 2.46. The van der Waals surface area contributed by atoms with Crippen LogP contribution >= 0.6 is 0 Å². The van der Waals surface area contributed by atoms with E-state index < -0.39 is 23.5 Å². The fourth-order valence-electron chi connectivity index (χ4n) is 4.08. The van der Waals surface area contributed by atoms with Gasteiger partial charge in [-0.05, 0) is 66.9 Å². The molecule has 1 aromatic heterocycles. The molecule has 1 atom stereocenters. The summed E-state index contributed by atoms with van der Waals surface area (Å²) in [5, 5.41) is 11.3. The molecular weight excluding hydrogens is 423 g/mol. The number of ketones is 1. The van der Waals surface area contributed by atoms with Crippen LogP contribution in [-0.2, 0) is 16.1 Å². The summed E-state index contributed by atoms with van der Waals surface area (Å²) in [6.07, 6.45) is 1.57. The first-order chi connectivity index (χ1) is 15.8. The summed E-state index contributed by atoms with van der Waals surface area (Å²) in [5.41, 5.74) is 2.97. The van der Waals surface area contributed by atoms with E-state index in [-0.39, 0.29) is 17.9 Å². The fraction of sp³-hybridized carbons (Fsp3) is 0.192. The van der Waals surface area contributed by atoms with Crippen molar-refractivity contribution in [3.05, 3.63) is 100 Å². The maximum Gasteiger partial charge on any atom is 0.296 e. The second-order valence-corrected chi connectivity index (χ2v) is 7.94. The van der Waals surface area contributed by atoms with Crippen LogP contribution in [0.25, 0.3) is 5.76 Å². The van der Waals surface area contributed by atoms with Crippen LogP contribution in [0.4, 0.5) is 4.39 Å². The van der Waals surface area contributed by atoms with Crippen molar-refractivity contribution in [2.24, 2.45) is 0 Å². The molecule has 1 N–H and O–H groups in total. The third kappa shape index (κ3) is 4.09. The lowest BCUT2D eigenvalue weighted by molar-refractivity contribution is -0.140. The van der Waals surface area contributed by atoms with Crippen molar-refractivity contribution in [2.45, 2.75) is 26.4 Å². The molecule has 7 heteroatoms. The molecule has 1 aliphatic heterocycles. The summed E-state index contributed by atoms with van der Waals surface area (Å²) in [6.45, 7) is 3.68. The number of aromatic nitrogens is 1. The number of benzene rings is 2. The Bertz CT molecular complexity index is 1250. The van der Waals surface area contributed by atoms with E-state index in [1.807, 2.05) is 6.92 Å². The number of Topliss-reactive ketones (excluding diaryl/α,β-unsaturated/α-hetero) is 1. The number of rotatable bonds is 5. The van der Waals surface area contributed by atoms with Gasteiger partial charge in [0.05, 0.1) is 18.4 Å². The second kappa shape index (κ2) is 8.86. The number of aryl methyl sites for hydroxylation is 2. The summed E-state index contributed by atoms with van der Waals surface area (Å²) in [4.78, 5) is 31.9. The Morgan fingerprint density at radius 2 is 1.82 bits per heavy atom. The number of hydrogen-bond donors (Lipinski definition) is 1. The Balaban J connectivity index is 1.87. The van der Waals surface area contributed by atoms with Crippen LogP contribution < -0.4 is 4.74 Å². The monoisotopic (exact) mass is 446 g/mol. The standard InChI is InChI=1S/C26H23FN2O4/c1-15-13-21(33-3)16(2)12-19(15)24(30)22-23(20-6-4-5-11-28-20)29(26(32)25(22)31)14-17-7-9-18(27)10-8-17/h4-13,23,30H,14H2,1-3H3/b24-22+. The number of methoxy groups -OCH3 is 1. The quantitative estimate of drug-likeness (QED) is 0.355. The molecule has 0 spiro atoms. The van der Waals surface area contributed by atoms with Gasteiger partial charge in [0.25, 0.3) is 11.7 Å². The zero-order chi connectivity index (χ0) is 23.7. The molecule has 168 valence electrons. The average molecular weight is 446 g/mol. The zero-order valence-corrected chi connectivity index (χ0v) is 18.5. The minimum absolute atomic E-state index is 0.0338. The summed E-state index contributed by atoms with van der Waals surface area (Å²) in [6, 6.07) is 13.5. The SMILES string of the molecule is COc1cc(C)c(/C(O)=C2\C(=O)C(=O)N(Cc3ccc(F)cc3)C2c2ccccn2)cc1C. The van der Waals surface area contributed by atoms with Crippen molar-refractivity contribution < 1.29 is 23.8 Å². The van der Waals surface area contributed by atoms with Crippen LogP contribution in [0.2, 0.25) is 0 Å². The van der Waals surface area contributed by atoms with Crippen molar-refractivity contribution in [3.8, 4) is 5.75 Å². The van der Waals surface area contributed by atoms with Gasteiger partial charge < -0.3 is 14.7 Å². The number of aliphatic hydroxyl groups is 1. The molecule has 1 unspecified atom stereocenters. The molecule has 33 heavy (non-hydrogen) atoms. The van der Waals surface area contributed by atoms with Gasteiger partial charge in [-0.2, -0.15) is 0 Å². The van der Waals surface area contributed by atoms with E-state index in [4.69, 9.17) is 4.74 Å². The summed E-state index contributed by atoms with van der Waals surface area (Å²) < 4.78 is 18.7. The van der Waals surface area contributed by atoms with E-state index in [9.17, 15) is 19.1 Å². The van der Waals surface area contributed by atoms with Gasteiger partial charge in [-0.3, -0.25) is 14.6 Å². The zero-order valence-electron chi connectivity index (χ0n) is 18.5. The number of carbonyl (C=O) groups is 2.